The number of Topliss-reactive ketones (excluding diaryl/α,β-unsaturated/α-hetero) is 4. The quantitative estimate of drug-likeness (QED) is 0.406. The summed E-state index contributed by atoms with van der Waals surface area (Å²) in [6.07, 6.45) is 0.162. The summed E-state index contributed by atoms with van der Waals surface area (Å²) in [5, 5.41) is 22.5. The highest BCUT2D eigenvalue weighted by molar-refractivity contribution is 6.32. The number of nitrogens with zero attached hydrogens (tertiary/aromatic N) is 2. The maximum absolute atomic E-state index is 13.9. The first kappa shape index (κ1) is 29.7. The Morgan fingerprint density at radius 3 is 2.31 bits per heavy atom. The van der Waals surface area contributed by atoms with Crippen LogP contribution in [0.5, 0.6) is 5.75 Å². The van der Waals surface area contributed by atoms with Crippen LogP contribution in [0, 0.1) is 23.7 Å². The fourth-order valence-electron chi connectivity index (χ4n) is 7.20. The van der Waals surface area contributed by atoms with Crippen molar-refractivity contribution in [1.29, 1.82) is 0 Å². The standard InChI is InChI=1S/C31H34FN3O7/c1-34(2)25-20-13-17-12-19-18(16-6-4-15(5-7-16)14-35(3)11-10-32)8-9-21(36)23(19)26(37)22(17)28(39)31(20,42)29(40)24(27(25)38)30(33)41/h4-9,17,20,22,24-25,36,42H,10-14H2,1-3H3,(H2,33,41)/t17-,20-,22?,24?,25?,31-/m0/s1. The molecule has 3 aliphatic rings. The highest BCUT2D eigenvalue weighted by atomic mass is 19.1. The number of carbonyl (C=O) groups excluding carboxylic acids is 5. The Morgan fingerprint density at radius 1 is 1.05 bits per heavy atom. The molecular weight excluding hydrogens is 545 g/mol. The summed E-state index contributed by atoms with van der Waals surface area (Å²) in [5.41, 5.74) is 5.50. The topological polar surface area (TPSA) is 158 Å². The van der Waals surface area contributed by atoms with E-state index in [1.807, 2.05) is 36.2 Å². The smallest absolute Gasteiger partial charge is 0.235 e. The lowest BCUT2D eigenvalue weighted by Crippen LogP contribution is -2.74. The molecule has 6 atom stereocenters. The van der Waals surface area contributed by atoms with Gasteiger partial charge in [-0.15, -0.1) is 0 Å². The molecule has 10 nitrogen and oxygen atoms in total. The van der Waals surface area contributed by atoms with Crippen LogP contribution < -0.4 is 5.73 Å². The van der Waals surface area contributed by atoms with Gasteiger partial charge in [0.2, 0.25) is 5.91 Å². The number of primary amides is 1. The van der Waals surface area contributed by atoms with Crippen molar-refractivity contribution in [1.82, 2.24) is 9.80 Å². The summed E-state index contributed by atoms with van der Waals surface area (Å²) in [4.78, 5) is 69.9. The van der Waals surface area contributed by atoms with Crippen molar-refractivity contribution in [2.75, 3.05) is 34.4 Å². The van der Waals surface area contributed by atoms with E-state index in [2.05, 4.69) is 0 Å². The molecule has 2 aromatic carbocycles. The van der Waals surface area contributed by atoms with Crippen LogP contribution in [-0.2, 0) is 32.1 Å². The predicted octanol–water partition coefficient (Wildman–Crippen LogP) is 0.935. The van der Waals surface area contributed by atoms with Crippen LogP contribution in [0.4, 0.5) is 4.39 Å². The van der Waals surface area contributed by atoms with Crippen molar-refractivity contribution in [3.05, 3.63) is 53.1 Å². The fraction of sp³-hybridized carbons (Fsp3) is 0.452. The van der Waals surface area contributed by atoms with Gasteiger partial charge in [-0.25, -0.2) is 4.39 Å². The zero-order chi connectivity index (χ0) is 30.7. The minimum atomic E-state index is -2.75. The second-order valence-electron chi connectivity index (χ2n) is 11.9. The van der Waals surface area contributed by atoms with Gasteiger partial charge >= 0.3 is 0 Å². The monoisotopic (exact) mass is 579 g/mol. The number of hydrogen-bond donors (Lipinski definition) is 3. The number of phenols is 1. The fourth-order valence-corrected chi connectivity index (χ4v) is 7.20. The maximum atomic E-state index is 13.9. The third-order valence-electron chi connectivity index (χ3n) is 9.13. The molecule has 2 aromatic rings. The summed E-state index contributed by atoms with van der Waals surface area (Å²) in [6.45, 7) is 0.407. The van der Waals surface area contributed by atoms with Crippen molar-refractivity contribution in [2.45, 2.75) is 31.0 Å². The summed E-state index contributed by atoms with van der Waals surface area (Å²) >= 11 is 0. The van der Waals surface area contributed by atoms with Crippen LogP contribution in [0.15, 0.2) is 36.4 Å². The molecule has 0 saturated heterocycles. The predicted molar refractivity (Wildman–Crippen MR) is 149 cm³/mol. The van der Waals surface area contributed by atoms with E-state index < -0.39 is 71.0 Å². The van der Waals surface area contributed by atoms with E-state index in [0.717, 1.165) is 11.1 Å². The number of rotatable bonds is 7. The molecule has 4 N–H and O–H groups in total. The highest BCUT2D eigenvalue weighted by Crippen LogP contribution is 2.51. The Morgan fingerprint density at radius 2 is 1.71 bits per heavy atom. The number of likely N-dealkylation sites (N-methyl/N-ethyl adjacent to an activating group) is 1. The molecule has 0 heterocycles. The van der Waals surface area contributed by atoms with Crippen molar-refractivity contribution >= 4 is 29.0 Å². The minimum Gasteiger partial charge on any atom is -0.507 e. The molecular formula is C31H34FN3O7. The molecule has 0 spiro atoms. The van der Waals surface area contributed by atoms with Crippen LogP contribution >= 0.6 is 0 Å². The number of carbonyl (C=O) groups is 5. The van der Waals surface area contributed by atoms with Crippen molar-refractivity contribution in [3.8, 4) is 16.9 Å². The van der Waals surface area contributed by atoms with E-state index in [9.17, 15) is 38.6 Å². The lowest BCUT2D eigenvalue weighted by atomic mass is 9.52. The Bertz CT molecular complexity index is 1490. The first-order valence-corrected chi connectivity index (χ1v) is 13.9. The zero-order valence-corrected chi connectivity index (χ0v) is 23.7. The lowest BCUT2D eigenvalue weighted by molar-refractivity contribution is -0.181. The molecule has 3 unspecified atom stereocenters. The molecule has 0 aliphatic heterocycles. The van der Waals surface area contributed by atoms with E-state index in [1.165, 1.54) is 11.0 Å². The van der Waals surface area contributed by atoms with E-state index in [4.69, 9.17) is 5.73 Å². The molecule has 11 heteroatoms. The van der Waals surface area contributed by atoms with Crippen LogP contribution in [0.3, 0.4) is 0 Å². The van der Waals surface area contributed by atoms with Crippen molar-refractivity contribution in [2.24, 2.45) is 29.4 Å². The Hall–Kier alpha value is -3.80. The maximum Gasteiger partial charge on any atom is 0.235 e. The number of nitrogens with two attached hydrogens (primary N) is 1. The summed E-state index contributed by atoms with van der Waals surface area (Å²) in [7, 11) is 4.91. The van der Waals surface area contributed by atoms with E-state index in [0.29, 0.717) is 24.2 Å². The Labute approximate surface area is 242 Å². The molecule has 222 valence electrons. The van der Waals surface area contributed by atoms with Gasteiger partial charge in [0.1, 0.15) is 12.4 Å². The summed E-state index contributed by atoms with van der Waals surface area (Å²) in [5.74, 6) is -10.7. The SMILES string of the molecule is CN(CCF)Cc1ccc(-c2ccc(O)c3c2C[C@H]2C[C@H]4C(N(C)C)C(=O)C(C(N)=O)C(=O)[C@@]4(O)C(=O)C2C3=O)cc1. The molecule has 0 radical (unpaired) electrons. The molecule has 42 heavy (non-hydrogen) atoms. The zero-order valence-electron chi connectivity index (χ0n) is 23.7. The normalized spacial score (nSPS) is 29.0. The number of ketones is 4. The van der Waals surface area contributed by atoms with Crippen LogP contribution in [-0.4, -0.2) is 95.1 Å². The van der Waals surface area contributed by atoms with Crippen LogP contribution in [0.25, 0.3) is 11.1 Å². The molecule has 3 aliphatic carbocycles. The average Bonchev–Trinajstić information content (AvgIpc) is 2.91. The second-order valence-corrected chi connectivity index (χ2v) is 11.9. The number of fused-ring (bicyclic) bond motifs is 3. The minimum absolute atomic E-state index is 0.0150. The van der Waals surface area contributed by atoms with Gasteiger partial charge in [-0.1, -0.05) is 30.3 Å². The third-order valence-corrected chi connectivity index (χ3v) is 9.13. The van der Waals surface area contributed by atoms with Crippen LogP contribution in [0.2, 0.25) is 0 Å². The van der Waals surface area contributed by atoms with Crippen molar-refractivity contribution in [3.63, 3.8) is 0 Å². The van der Waals surface area contributed by atoms with Gasteiger partial charge < -0.3 is 15.9 Å². The number of amides is 1. The van der Waals surface area contributed by atoms with E-state index >= 15 is 0 Å². The first-order valence-electron chi connectivity index (χ1n) is 13.9. The molecule has 1 amide bonds. The Kier molecular flexibility index (Phi) is 7.63. The number of aliphatic hydroxyl groups is 1. The highest BCUT2D eigenvalue weighted by Gasteiger charge is 2.69. The van der Waals surface area contributed by atoms with Crippen LogP contribution in [0.1, 0.15) is 27.9 Å². The van der Waals surface area contributed by atoms with Gasteiger partial charge in [0.25, 0.3) is 0 Å². The molecule has 2 saturated carbocycles. The number of aromatic hydroxyl groups is 1. The number of benzene rings is 2. The van der Waals surface area contributed by atoms with Gasteiger partial charge in [-0.05, 0) is 68.2 Å². The number of halogens is 1. The van der Waals surface area contributed by atoms with Gasteiger partial charge in [-0.2, -0.15) is 0 Å². The second kappa shape index (κ2) is 10.8. The van der Waals surface area contributed by atoms with E-state index in [-0.39, 0.29) is 24.2 Å². The lowest BCUT2D eigenvalue weighted by Gasteiger charge is -2.52. The Balaban J connectivity index is 1.56. The van der Waals surface area contributed by atoms with Gasteiger partial charge in [0.15, 0.2) is 34.7 Å². The molecule has 5 rings (SSSR count). The molecule has 2 fully saturated rings. The average molecular weight is 580 g/mol. The summed E-state index contributed by atoms with van der Waals surface area (Å²) < 4.78 is 12.7. The number of hydrogen-bond acceptors (Lipinski definition) is 9. The van der Waals surface area contributed by atoms with Gasteiger partial charge in [0.05, 0.1) is 17.5 Å². The first-order chi connectivity index (χ1) is 19.8. The third kappa shape index (κ3) is 4.47. The van der Waals surface area contributed by atoms with Gasteiger partial charge in [-0.3, -0.25) is 33.8 Å². The van der Waals surface area contributed by atoms with E-state index in [1.54, 1.807) is 20.2 Å². The number of alkyl halides is 1. The largest absolute Gasteiger partial charge is 0.507 e. The molecule has 0 bridgehead atoms. The summed E-state index contributed by atoms with van der Waals surface area (Å²) in [6, 6.07) is 9.46. The van der Waals surface area contributed by atoms with Gasteiger partial charge in [0, 0.05) is 19.0 Å². The number of phenolic OH excluding ortho intramolecular Hbond substituents is 1. The van der Waals surface area contributed by atoms with Crippen molar-refractivity contribution < 1.29 is 38.6 Å². The molecule has 0 aromatic heterocycles.